The van der Waals surface area contributed by atoms with Crippen LogP contribution in [0.15, 0.2) is 41.0 Å². The smallest absolute Gasteiger partial charge is 0.330 e. The monoisotopic (exact) mass is 410 g/mol. The van der Waals surface area contributed by atoms with Crippen molar-refractivity contribution in [2.75, 3.05) is 17.7 Å². The van der Waals surface area contributed by atoms with Crippen LogP contribution in [-0.2, 0) is 19.1 Å². The molecule has 2 amide bonds. The Hall–Kier alpha value is -2.88. The first-order valence-electron chi connectivity index (χ1n) is 8.22. The molecule has 28 heavy (non-hydrogen) atoms. The topological polar surface area (TPSA) is 88.8 Å². The van der Waals surface area contributed by atoms with Gasteiger partial charge in [0.05, 0.1) is 12.0 Å². The maximum atomic E-state index is 13.6. The standard InChI is InChI=1S/C18H16F2N2O5S/c1-10(23)22-14(9-28-17(22)15-3-2-6-26-15)18(25)27-8-16(24)21-13-5-4-11(19)7-12(13)20/h2-7,14,17H,8-9H2,1H3,(H,21,24)/t14-,17+/m1/s1. The van der Waals surface area contributed by atoms with E-state index in [1.54, 1.807) is 12.1 Å². The van der Waals surface area contributed by atoms with E-state index in [1.807, 2.05) is 0 Å². The summed E-state index contributed by atoms with van der Waals surface area (Å²) in [6, 6.07) is 5.17. The number of anilines is 1. The van der Waals surface area contributed by atoms with Gasteiger partial charge in [0, 0.05) is 18.7 Å². The normalized spacial score (nSPS) is 18.8. The van der Waals surface area contributed by atoms with Crippen molar-refractivity contribution in [3.63, 3.8) is 0 Å². The van der Waals surface area contributed by atoms with E-state index in [0.717, 1.165) is 12.1 Å². The second kappa shape index (κ2) is 8.42. The minimum atomic E-state index is -0.948. The van der Waals surface area contributed by atoms with Crippen LogP contribution in [0.3, 0.4) is 0 Å². The zero-order chi connectivity index (χ0) is 20.3. The molecule has 1 aliphatic rings. The molecule has 2 heterocycles. The zero-order valence-corrected chi connectivity index (χ0v) is 15.5. The van der Waals surface area contributed by atoms with Crippen molar-refractivity contribution in [3.8, 4) is 0 Å². The lowest BCUT2D eigenvalue weighted by Crippen LogP contribution is -2.43. The first-order valence-corrected chi connectivity index (χ1v) is 9.27. The summed E-state index contributed by atoms with van der Waals surface area (Å²) in [5.74, 6) is -2.82. The number of carbonyl (C=O) groups is 3. The van der Waals surface area contributed by atoms with E-state index in [-0.39, 0.29) is 17.3 Å². The third-order valence-corrected chi connectivity index (χ3v) is 5.26. The van der Waals surface area contributed by atoms with Crippen molar-refractivity contribution in [1.82, 2.24) is 4.90 Å². The van der Waals surface area contributed by atoms with Crippen LogP contribution in [0.4, 0.5) is 14.5 Å². The van der Waals surface area contributed by atoms with Gasteiger partial charge in [-0.05, 0) is 24.3 Å². The molecule has 0 spiro atoms. The largest absolute Gasteiger partial charge is 0.466 e. The maximum Gasteiger partial charge on any atom is 0.330 e. The number of nitrogens with zero attached hydrogens (tertiary/aromatic N) is 1. The second-order valence-corrected chi connectivity index (χ2v) is 7.04. The summed E-state index contributed by atoms with van der Waals surface area (Å²) < 4.78 is 36.7. The fourth-order valence-corrected chi connectivity index (χ4v) is 4.15. The average Bonchev–Trinajstić information content (AvgIpc) is 3.31. The van der Waals surface area contributed by atoms with E-state index in [0.29, 0.717) is 11.8 Å². The maximum absolute atomic E-state index is 13.6. The van der Waals surface area contributed by atoms with Crippen LogP contribution in [0.25, 0.3) is 0 Å². The Kier molecular flexibility index (Phi) is 5.98. The Morgan fingerprint density at radius 1 is 1.32 bits per heavy atom. The SMILES string of the molecule is CC(=O)N1[C@@H](C(=O)OCC(=O)Nc2ccc(F)cc2F)CS[C@H]1c1ccco1. The minimum absolute atomic E-state index is 0.234. The molecule has 2 aromatic rings. The molecule has 1 fully saturated rings. The van der Waals surface area contributed by atoms with Crippen LogP contribution in [0, 0.1) is 11.6 Å². The number of thioether (sulfide) groups is 1. The number of furan rings is 1. The number of esters is 1. The first kappa shape index (κ1) is 19.9. The summed E-state index contributed by atoms with van der Waals surface area (Å²) in [4.78, 5) is 37.6. The molecule has 148 valence electrons. The number of nitrogens with one attached hydrogen (secondary N) is 1. The van der Waals surface area contributed by atoms with E-state index in [1.165, 1.54) is 29.8 Å². The Labute approximate surface area is 163 Å². The van der Waals surface area contributed by atoms with E-state index in [2.05, 4.69) is 5.32 Å². The number of ether oxygens (including phenoxy) is 1. The van der Waals surface area contributed by atoms with Crippen molar-refractivity contribution in [2.24, 2.45) is 0 Å². The number of carbonyl (C=O) groups excluding carboxylic acids is 3. The van der Waals surface area contributed by atoms with Gasteiger partial charge >= 0.3 is 5.97 Å². The van der Waals surface area contributed by atoms with Crippen LogP contribution in [0.1, 0.15) is 18.1 Å². The fourth-order valence-electron chi connectivity index (χ4n) is 2.73. The summed E-state index contributed by atoms with van der Waals surface area (Å²) in [5, 5.41) is 1.72. The number of rotatable bonds is 5. The van der Waals surface area contributed by atoms with Gasteiger partial charge in [-0.2, -0.15) is 0 Å². The lowest BCUT2D eigenvalue weighted by atomic mass is 10.2. The Bertz CT molecular complexity index is 890. The number of halogens is 2. The molecule has 0 saturated carbocycles. The molecule has 1 saturated heterocycles. The highest BCUT2D eigenvalue weighted by atomic mass is 32.2. The molecule has 7 nitrogen and oxygen atoms in total. The van der Waals surface area contributed by atoms with E-state index in [9.17, 15) is 23.2 Å². The molecular formula is C18H16F2N2O5S. The summed E-state index contributed by atoms with van der Waals surface area (Å²) in [5.41, 5.74) is -0.234. The highest BCUT2D eigenvalue weighted by Crippen LogP contribution is 2.41. The fraction of sp³-hybridized carbons (Fsp3) is 0.278. The molecule has 3 rings (SSSR count). The van der Waals surface area contributed by atoms with Crippen molar-refractivity contribution in [1.29, 1.82) is 0 Å². The van der Waals surface area contributed by atoms with Gasteiger partial charge in [0.15, 0.2) is 6.61 Å². The van der Waals surface area contributed by atoms with Crippen molar-refractivity contribution in [2.45, 2.75) is 18.3 Å². The van der Waals surface area contributed by atoms with Gasteiger partial charge in [0.1, 0.15) is 28.8 Å². The van der Waals surface area contributed by atoms with Crippen molar-refractivity contribution >= 4 is 35.2 Å². The lowest BCUT2D eigenvalue weighted by Gasteiger charge is -2.25. The summed E-state index contributed by atoms with van der Waals surface area (Å²) in [6.45, 7) is 0.653. The highest BCUT2D eigenvalue weighted by Gasteiger charge is 2.43. The summed E-state index contributed by atoms with van der Waals surface area (Å²) in [7, 11) is 0. The second-order valence-electron chi connectivity index (χ2n) is 5.92. The van der Waals surface area contributed by atoms with Gasteiger partial charge in [-0.3, -0.25) is 9.59 Å². The van der Waals surface area contributed by atoms with E-state index < -0.39 is 41.5 Å². The van der Waals surface area contributed by atoms with Crippen LogP contribution in [0.5, 0.6) is 0 Å². The predicted octanol–water partition coefficient (Wildman–Crippen LogP) is 2.70. The van der Waals surface area contributed by atoms with E-state index in [4.69, 9.17) is 9.15 Å². The molecule has 1 aliphatic heterocycles. The van der Waals surface area contributed by atoms with Gasteiger partial charge in [0.25, 0.3) is 5.91 Å². The first-order chi connectivity index (χ1) is 13.4. The third-order valence-electron chi connectivity index (χ3n) is 3.97. The molecule has 10 heteroatoms. The van der Waals surface area contributed by atoms with Gasteiger partial charge in [0.2, 0.25) is 5.91 Å². The molecule has 0 bridgehead atoms. The molecule has 0 unspecified atom stereocenters. The van der Waals surface area contributed by atoms with Gasteiger partial charge in [-0.1, -0.05) is 0 Å². The van der Waals surface area contributed by atoms with Crippen LogP contribution >= 0.6 is 11.8 Å². The average molecular weight is 410 g/mol. The molecule has 1 aromatic heterocycles. The zero-order valence-electron chi connectivity index (χ0n) is 14.7. The molecule has 0 aliphatic carbocycles. The summed E-state index contributed by atoms with van der Waals surface area (Å²) >= 11 is 1.34. The number of hydrogen-bond acceptors (Lipinski definition) is 6. The minimum Gasteiger partial charge on any atom is -0.466 e. The molecule has 1 aromatic carbocycles. The number of amides is 2. The predicted molar refractivity (Wildman–Crippen MR) is 96.2 cm³/mol. The van der Waals surface area contributed by atoms with Gasteiger partial charge in [-0.25, -0.2) is 13.6 Å². The quantitative estimate of drug-likeness (QED) is 0.763. The van der Waals surface area contributed by atoms with Crippen LogP contribution in [-0.4, -0.2) is 41.1 Å². The third kappa shape index (κ3) is 4.33. The van der Waals surface area contributed by atoms with Crippen LogP contribution in [0.2, 0.25) is 0 Å². The van der Waals surface area contributed by atoms with Gasteiger partial charge < -0.3 is 19.4 Å². The molecule has 0 radical (unpaired) electrons. The van der Waals surface area contributed by atoms with Crippen molar-refractivity contribution < 1.29 is 32.3 Å². The van der Waals surface area contributed by atoms with E-state index >= 15 is 0 Å². The molecular weight excluding hydrogens is 394 g/mol. The Morgan fingerprint density at radius 2 is 2.11 bits per heavy atom. The van der Waals surface area contributed by atoms with Crippen molar-refractivity contribution in [3.05, 3.63) is 54.0 Å². The number of hydrogen-bond donors (Lipinski definition) is 1. The Balaban J connectivity index is 1.59. The molecule has 2 atom stereocenters. The number of benzene rings is 1. The molecule has 1 N–H and O–H groups in total. The van der Waals surface area contributed by atoms with Gasteiger partial charge in [-0.15, -0.1) is 11.8 Å². The summed E-state index contributed by atoms with van der Waals surface area (Å²) in [6.07, 6.45) is 1.47. The van der Waals surface area contributed by atoms with Crippen LogP contribution < -0.4 is 5.32 Å². The lowest BCUT2D eigenvalue weighted by molar-refractivity contribution is -0.155. The Morgan fingerprint density at radius 3 is 2.75 bits per heavy atom. The highest BCUT2D eigenvalue weighted by molar-refractivity contribution is 7.99.